The van der Waals surface area contributed by atoms with Crippen LogP contribution in [0.1, 0.15) is 5.56 Å². The summed E-state index contributed by atoms with van der Waals surface area (Å²) in [7, 11) is -1.38. The molecule has 3 N–H and O–H groups in total. The van der Waals surface area contributed by atoms with Gasteiger partial charge in [-0.15, -0.1) is 0 Å². The summed E-state index contributed by atoms with van der Waals surface area (Å²) in [5.74, 6) is -0.340. The maximum atomic E-state index is 11.0. The molecule has 0 aliphatic rings. The maximum absolute atomic E-state index is 11.0. The van der Waals surface area contributed by atoms with Crippen molar-refractivity contribution < 1.29 is 19.5 Å². The highest BCUT2D eigenvalue weighted by atomic mass is 32.2. The van der Waals surface area contributed by atoms with Crippen molar-refractivity contribution in [2.75, 3.05) is 6.26 Å². The van der Waals surface area contributed by atoms with Gasteiger partial charge >= 0.3 is 0 Å². The van der Waals surface area contributed by atoms with Gasteiger partial charge in [0.15, 0.2) is 0 Å². The van der Waals surface area contributed by atoms with E-state index in [1.165, 1.54) is 18.4 Å². The van der Waals surface area contributed by atoms with Crippen LogP contribution in [-0.2, 0) is 17.4 Å². The number of phenols is 2. The molecule has 0 saturated carbocycles. The van der Waals surface area contributed by atoms with Crippen LogP contribution in [0.2, 0.25) is 0 Å². The first-order valence-corrected chi connectivity index (χ1v) is 5.11. The number of rotatable bonds is 2. The summed E-state index contributed by atoms with van der Waals surface area (Å²) in [6.07, 6.45) is 1.38. The first-order valence-electron chi connectivity index (χ1n) is 3.55. The Morgan fingerprint density at radius 1 is 1.38 bits per heavy atom. The van der Waals surface area contributed by atoms with E-state index in [2.05, 4.69) is 0 Å². The average molecular weight is 202 g/mol. The van der Waals surface area contributed by atoms with E-state index in [-0.39, 0.29) is 22.0 Å². The molecule has 4 nitrogen and oxygen atoms in total. The first kappa shape index (κ1) is 10.0. The van der Waals surface area contributed by atoms with Crippen molar-refractivity contribution in [2.24, 2.45) is 0 Å². The van der Waals surface area contributed by atoms with Gasteiger partial charge in [-0.2, -0.15) is 0 Å². The van der Waals surface area contributed by atoms with Gasteiger partial charge in [-0.05, 0) is 12.1 Å². The Kier molecular flexibility index (Phi) is 2.90. The molecule has 0 heterocycles. The summed E-state index contributed by atoms with van der Waals surface area (Å²) in [4.78, 5) is 0.129. The quantitative estimate of drug-likeness (QED) is 0.604. The van der Waals surface area contributed by atoms with Gasteiger partial charge in [-0.1, -0.05) is 0 Å². The third kappa shape index (κ3) is 1.99. The fourth-order valence-corrected chi connectivity index (χ4v) is 1.68. The third-order valence-electron chi connectivity index (χ3n) is 1.62. The Morgan fingerprint density at radius 2 is 2.00 bits per heavy atom. The normalized spacial score (nSPS) is 12.8. The van der Waals surface area contributed by atoms with E-state index >= 15 is 0 Å². The van der Waals surface area contributed by atoms with Crippen LogP contribution in [0.25, 0.3) is 0 Å². The molecule has 0 spiro atoms. The molecule has 0 unspecified atom stereocenters. The monoisotopic (exact) mass is 202 g/mol. The molecule has 0 saturated heterocycles. The number of phenolic OH excluding ortho intramolecular Hbond substituents is 1. The van der Waals surface area contributed by atoms with E-state index in [1.807, 2.05) is 0 Å². The fourth-order valence-electron chi connectivity index (χ4n) is 0.989. The van der Waals surface area contributed by atoms with Crippen molar-refractivity contribution in [3.8, 4) is 11.5 Å². The van der Waals surface area contributed by atoms with Crippen molar-refractivity contribution in [1.29, 1.82) is 0 Å². The molecule has 0 radical (unpaired) electrons. The minimum atomic E-state index is -1.38. The Morgan fingerprint density at radius 3 is 2.46 bits per heavy atom. The lowest BCUT2D eigenvalue weighted by molar-refractivity contribution is 0.273. The number of aliphatic hydroxyl groups excluding tert-OH is 1. The molecule has 0 aromatic heterocycles. The zero-order valence-corrected chi connectivity index (χ0v) is 7.84. The van der Waals surface area contributed by atoms with E-state index in [0.29, 0.717) is 0 Å². The number of hydrogen-bond acceptors (Lipinski definition) is 4. The number of aromatic hydroxyl groups is 2. The van der Waals surface area contributed by atoms with Crippen LogP contribution in [0.4, 0.5) is 0 Å². The summed E-state index contributed by atoms with van der Waals surface area (Å²) in [5, 5.41) is 27.3. The Bertz CT molecular complexity index is 348. The Labute approximate surface area is 77.9 Å². The third-order valence-corrected chi connectivity index (χ3v) is 2.55. The molecule has 0 bridgehead atoms. The molecular weight excluding hydrogens is 192 g/mol. The average Bonchev–Trinajstić information content (AvgIpc) is 2.08. The molecule has 0 fully saturated rings. The van der Waals surface area contributed by atoms with E-state index in [0.717, 1.165) is 0 Å². The number of aliphatic hydroxyl groups is 1. The lowest BCUT2D eigenvalue weighted by Crippen LogP contribution is -1.93. The summed E-state index contributed by atoms with van der Waals surface area (Å²) < 4.78 is 11.0. The van der Waals surface area contributed by atoms with E-state index in [1.54, 1.807) is 0 Å². The van der Waals surface area contributed by atoms with E-state index in [4.69, 9.17) is 10.2 Å². The molecule has 13 heavy (non-hydrogen) atoms. The minimum absolute atomic E-state index is 0.118. The second-order valence-corrected chi connectivity index (χ2v) is 3.91. The van der Waals surface area contributed by atoms with Crippen LogP contribution >= 0.6 is 0 Å². The minimum Gasteiger partial charge on any atom is -0.508 e. The van der Waals surface area contributed by atoms with Gasteiger partial charge in [-0.25, -0.2) is 0 Å². The van der Waals surface area contributed by atoms with Crippen molar-refractivity contribution in [1.82, 2.24) is 0 Å². The van der Waals surface area contributed by atoms with E-state index < -0.39 is 17.4 Å². The Balaban J connectivity index is 3.35. The summed E-state index contributed by atoms with van der Waals surface area (Å²) in [5.41, 5.74) is 0.171. The lowest BCUT2D eigenvalue weighted by atomic mass is 10.2. The van der Waals surface area contributed by atoms with Gasteiger partial charge in [-0.3, -0.25) is 4.21 Å². The molecule has 0 aliphatic carbocycles. The Hall–Kier alpha value is -1.07. The second kappa shape index (κ2) is 3.76. The molecule has 72 valence electrons. The van der Waals surface area contributed by atoms with Crippen LogP contribution in [0.5, 0.6) is 11.5 Å². The highest BCUT2D eigenvalue weighted by Gasteiger charge is 2.11. The highest BCUT2D eigenvalue weighted by Crippen LogP contribution is 2.29. The first-order chi connectivity index (χ1) is 6.06. The van der Waals surface area contributed by atoms with Gasteiger partial charge in [0, 0.05) is 11.8 Å². The predicted molar refractivity (Wildman–Crippen MR) is 48.0 cm³/mol. The van der Waals surface area contributed by atoms with Crippen LogP contribution in [0.15, 0.2) is 17.0 Å². The number of benzene rings is 1. The second-order valence-electron chi connectivity index (χ2n) is 2.56. The smallest absolute Gasteiger partial charge is 0.137 e. The molecule has 1 aromatic carbocycles. The molecule has 1 aromatic rings. The van der Waals surface area contributed by atoms with Gasteiger partial charge in [0.1, 0.15) is 11.5 Å². The topological polar surface area (TPSA) is 77.8 Å². The van der Waals surface area contributed by atoms with Crippen molar-refractivity contribution in [2.45, 2.75) is 11.5 Å². The zero-order chi connectivity index (χ0) is 10.0. The molecule has 0 aliphatic heterocycles. The molecular formula is C8H10O4S. The zero-order valence-electron chi connectivity index (χ0n) is 7.02. The molecule has 0 amide bonds. The van der Waals surface area contributed by atoms with Crippen LogP contribution in [0, 0.1) is 0 Å². The number of hydrogen-bond donors (Lipinski definition) is 3. The van der Waals surface area contributed by atoms with Gasteiger partial charge in [0.25, 0.3) is 0 Å². The summed E-state index contributed by atoms with van der Waals surface area (Å²) >= 11 is 0. The maximum Gasteiger partial charge on any atom is 0.137 e. The molecule has 1 rings (SSSR count). The van der Waals surface area contributed by atoms with Gasteiger partial charge in [0.05, 0.1) is 22.3 Å². The SMILES string of the molecule is C[S@](=O)c1cc(O)cc(CO)c1O. The van der Waals surface area contributed by atoms with Crippen LogP contribution < -0.4 is 0 Å². The van der Waals surface area contributed by atoms with Crippen LogP contribution in [-0.4, -0.2) is 25.8 Å². The largest absolute Gasteiger partial charge is 0.508 e. The van der Waals surface area contributed by atoms with Crippen molar-refractivity contribution >= 4 is 10.8 Å². The van der Waals surface area contributed by atoms with Gasteiger partial charge in [0.2, 0.25) is 0 Å². The summed E-state index contributed by atoms with van der Waals surface area (Å²) in [6, 6.07) is 2.44. The van der Waals surface area contributed by atoms with Gasteiger partial charge < -0.3 is 15.3 Å². The molecule has 5 heteroatoms. The van der Waals surface area contributed by atoms with Crippen molar-refractivity contribution in [3.63, 3.8) is 0 Å². The van der Waals surface area contributed by atoms with Crippen LogP contribution in [0.3, 0.4) is 0 Å². The van der Waals surface area contributed by atoms with Crippen molar-refractivity contribution in [3.05, 3.63) is 17.7 Å². The fraction of sp³-hybridized carbons (Fsp3) is 0.250. The standard InChI is InChI=1S/C8H10O4S/c1-13(12)7-3-6(10)2-5(4-9)8(7)11/h2-3,9-11H,4H2,1H3/t13-/m0/s1. The van der Waals surface area contributed by atoms with E-state index in [9.17, 15) is 9.32 Å². The highest BCUT2D eigenvalue weighted by molar-refractivity contribution is 7.84. The lowest BCUT2D eigenvalue weighted by Gasteiger charge is -2.06. The molecule has 1 atom stereocenters. The predicted octanol–water partition coefficient (Wildman–Crippen LogP) is 0.327. The summed E-state index contributed by atoms with van der Waals surface area (Å²) in [6.45, 7) is -0.398.